The van der Waals surface area contributed by atoms with Gasteiger partial charge in [-0.25, -0.2) is 0 Å². The fraction of sp³-hybridized carbons (Fsp3) is 0.312. The van der Waals surface area contributed by atoms with Crippen molar-refractivity contribution < 1.29 is 9.59 Å². The average molecular weight is 281 g/mol. The Morgan fingerprint density at radius 2 is 2.19 bits per heavy atom. The zero-order valence-corrected chi connectivity index (χ0v) is 11.8. The summed E-state index contributed by atoms with van der Waals surface area (Å²) >= 11 is 0. The van der Waals surface area contributed by atoms with Gasteiger partial charge in [-0.15, -0.1) is 0 Å². The van der Waals surface area contributed by atoms with Crippen molar-refractivity contribution in [2.75, 3.05) is 0 Å². The number of nitriles is 1. The number of amides is 2. The van der Waals surface area contributed by atoms with Crippen LogP contribution in [0, 0.1) is 11.3 Å². The minimum absolute atomic E-state index is 0.0617. The maximum atomic E-state index is 12.6. The molecule has 1 aromatic rings. The third-order valence-electron chi connectivity index (χ3n) is 4.41. The summed E-state index contributed by atoms with van der Waals surface area (Å²) in [5.74, 6) is -0.136. The van der Waals surface area contributed by atoms with Gasteiger partial charge in [-0.1, -0.05) is 6.58 Å². The van der Waals surface area contributed by atoms with Crippen molar-refractivity contribution in [2.45, 2.75) is 31.8 Å². The highest BCUT2D eigenvalue weighted by atomic mass is 16.2. The number of carbonyl (C=O) groups excluding carboxylic acids is 2. The molecule has 0 saturated carbocycles. The molecule has 106 valence electrons. The van der Waals surface area contributed by atoms with Crippen LogP contribution in [0.25, 0.3) is 0 Å². The molecule has 0 radical (unpaired) electrons. The minimum atomic E-state index is -0.586. The van der Waals surface area contributed by atoms with Crippen LogP contribution < -0.4 is 5.32 Å². The number of nitrogens with one attached hydrogen (secondary N) is 1. The Labute approximate surface area is 122 Å². The third kappa shape index (κ3) is 1.91. The molecule has 1 unspecified atom stereocenters. The largest absolute Gasteiger partial charge is 0.328 e. The molecule has 0 bridgehead atoms. The summed E-state index contributed by atoms with van der Waals surface area (Å²) in [6.45, 7) is 6.28. The lowest BCUT2D eigenvalue weighted by molar-refractivity contribution is -0.122. The Kier molecular flexibility index (Phi) is 2.84. The van der Waals surface area contributed by atoms with Gasteiger partial charge < -0.3 is 10.2 Å². The molecule has 1 atom stereocenters. The Morgan fingerprint density at radius 1 is 1.43 bits per heavy atom. The van der Waals surface area contributed by atoms with E-state index in [4.69, 9.17) is 5.26 Å². The van der Waals surface area contributed by atoms with Crippen molar-refractivity contribution in [3.05, 3.63) is 47.2 Å². The molecule has 0 aliphatic carbocycles. The van der Waals surface area contributed by atoms with Crippen molar-refractivity contribution in [3.63, 3.8) is 0 Å². The van der Waals surface area contributed by atoms with Crippen molar-refractivity contribution in [1.29, 1.82) is 5.26 Å². The van der Waals surface area contributed by atoms with Gasteiger partial charge >= 0.3 is 0 Å². The Balaban J connectivity index is 1.96. The SMILES string of the molecule is C=C1NC(=O)CCC1(C)N1Cc2cc(C#N)ccc2C1=O. The number of piperidine rings is 1. The van der Waals surface area contributed by atoms with E-state index in [0.29, 0.717) is 36.2 Å². The summed E-state index contributed by atoms with van der Waals surface area (Å²) in [5, 5.41) is 11.7. The molecule has 5 nitrogen and oxygen atoms in total. The highest BCUT2D eigenvalue weighted by molar-refractivity contribution is 5.99. The smallest absolute Gasteiger partial charge is 0.255 e. The standard InChI is InChI=1S/C16H15N3O2/c1-10-16(2,6-5-14(20)18-10)19-9-12-7-11(8-17)3-4-13(12)15(19)21/h3-4,7H,1,5-6,9H2,2H3,(H,18,20). The number of benzene rings is 1. The first-order valence-electron chi connectivity index (χ1n) is 6.80. The summed E-state index contributed by atoms with van der Waals surface area (Å²) in [7, 11) is 0. The van der Waals surface area contributed by atoms with Crippen LogP contribution in [0.15, 0.2) is 30.5 Å². The van der Waals surface area contributed by atoms with Gasteiger partial charge in [-0.2, -0.15) is 5.26 Å². The van der Waals surface area contributed by atoms with Crippen molar-refractivity contribution in [3.8, 4) is 6.07 Å². The number of carbonyl (C=O) groups is 2. The second kappa shape index (κ2) is 4.45. The molecule has 21 heavy (non-hydrogen) atoms. The molecule has 0 spiro atoms. The zero-order chi connectivity index (χ0) is 15.2. The van der Waals surface area contributed by atoms with Gasteiger partial charge in [-0.3, -0.25) is 9.59 Å². The highest BCUT2D eigenvalue weighted by Gasteiger charge is 2.44. The lowest BCUT2D eigenvalue weighted by Gasteiger charge is -2.43. The Bertz CT molecular complexity index is 717. The second-order valence-corrected chi connectivity index (χ2v) is 5.68. The van der Waals surface area contributed by atoms with E-state index < -0.39 is 5.54 Å². The molecule has 2 aliphatic heterocycles. The van der Waals surface area contributed by atoms with Gasteiger partial charge in [0.25, 0.3) is 5.91 Å². The predicted molar refractivity (Wildman–Crippen MR) is 76.0 cm³/mol. The van der Waals surface area contributed by atoms with E-state index in [1.54, 1.807) is 23.1 Å². The molecule has 1 saturated heterocycles. The minimum Gasteiger partial charge on any atom is -0.328 e. The quantitative estimate of drug-likeness (QED) is 0.851. The molecule has 3 rings (SSSR count). The summed E-state index contributed by atoms with van der Waals surface area (Å²) < 4.78 is 0. The number of hydrogen-bond acceptors (Lipinski definition) is 3. The van der Waals surface area contributed by atoms with Crippen molar-refractivity contribution in [1.82, 2.24) is 10.2 Å². The topological polar surface area (TPSA) is 73.2 Å². The Hall–Kier alpha value is -2.61. The van der Waals surface area contributed by atoms with Gasteiger partial charge in [0.2, 0.25) is 5.91 Å². The molecule has 5 heteroatoms. The number of rotatable bonds is 1. The van der Waals surface area contributed by atoms with Crippen molar-refractivity contribution in [2.24, 2.45) is 0 Å². The van der Waals surface area contributed by atoms with Crippen LogP contribution in [0.2, 0.25) is 0 Å². The van der Waals surface area contributed by atoms with Gasteiger partial charge in [0.05, 0.1) is 17.2 Å². The first-order valence-corrected chi connectivity index (χ1v) is 6.80. The summed E-state index contributed by atoms with van der Waals surface area (Å²) in [5.41, 5.74) is 1.99. The van der Waals surface area contributed by atoms with Gasteiger partial charge in [0.15, 0.2) is 0 Å². The van der Waals surface area contributed by atoms with Crippen LogP contribution in [-0.4, -0.2) is 22.3 Å². The highest BCUT2D eigenvalue weighted by Crippen LogP contribution is 2.37. The Morgan fingerprint density at radius 3 is 2.86 bits per heavy atom. The predicted octanol–water partition coefficient (Wildman–Crippen LogP) is 1.70. The monoisotopic (exact) mass is 281 g/mol. The lowest BCUT2D eigenvalue weighted by Crippen LogP contribution is -2.55. The van der Waals surface area contributed by atoms with E-state index >= 15 is 0 Å². The number of fused-ring (bicyclic) bond motifs is 1. The van der Waals surface area contributed by atoms with Crippen LogP contribution in [-0.2, 0) is 11.3 Å². The van der Waals surface area contributed by atoms with Gasteiger partial charge in [0.1, 0.15) is 0 Å². The maximum Gasteiger partial charge on any atom is 0.255 e. The van der Waals surface area contributed by atoms with E-state index in [1.807, 2.05) is 6.92 Å². The van der Waals surface area contributed by atoms with E-state index in [-0.39, 0.29) is 11.8 Å². The molecule has 0 aromatic heterocycles. The molecule has 2 amide bonds. The first kappa shape index (κ1) is 13.4. The number of nitrogens with zero attached hydrogens (tertiary/aromatic N) is 2. The van der Waals surface area contributed by atoms with Crippen LogP contribution >= 0.6 is 0 Å². The van der Waals surface area contributed by atoms with E-state index in [9.17, 15) is 9.59 Å². The van der Waals surface area contributed by atoms with Crippen LogP contribution in [0.4, 0.5) is 0 Å². The van der Waals surface area contributed by atoms with Crippen LogP contribution in [0.1, 0.15) is 41.3 Å². The summed E-state index contributed by atoms with van der Waals surface area (Å²) in [6, 6.07) is 7.19. The molecular weight excluding hydrogens is 266 g/mol. The summed E-state index contributed by atoms with van der Waals surface area (Å²) in [4.78, 5) is 25.8. The molecule has 2 heterocycles. The van der Waals surface area contributed by atoms with E-state index in [2.05, 4.69) is 18.0 Å². The van der Waals surface area contributed by atoms with E-state index in [1.165, 1.54) is 0 Å². The maximum absolute atomic E-state index is 12.6. The fourth-order valence-electron chi connectivity index (χ4n) is 2.96. The molecule has 1 N–H and O–H groups in total. The van der Waals surface area contributed by atoms with Crippen molar-refractivity contribution >= 4 is 11.8 Å². The lowest BCUT2D eigenvalue weighted by atomic mass is 9.87. The fourth-order valence-corrected chi connectivity index (χ4v) is 2.96. The van der Waals surface area contributed by atoms with Gasteiger partial charge in [0, 0.05) is 24.2 Å². The average Bonchev–Trinajstić information content (AvgIpc) is 2.80. The number of hydrogen-bond donors (Lipinski definition) is 1. The van der Waals surface area contributed by atoms with E-state index in [0.717, 1.165) is 5.56 Å². The third-order valence-corrected chi connectivity index (χ3v) is 4.41. The van der Waals surface area contributed by atoms with Crippen LogP contribution in [0.3, 0.4) is 0 Å². The zero-order valence-electron chi connectivity index (χ0n) is 11.8. The van der Waals surface area contributed by atoms with Gasteiger partial charge in [-0.05, 0) is 37.1 Å². The first-order chi connectivity index (χ1) is 9.95. The molecule has 1 fully saturated rings. The normalized spacial score (nSPS) is 24.6. The summed E-state index contributed by atoms with van der Waals surface area (Å²) in [6.07, 6.45) is 0.932. The molecule has 1 aromatic carbocycles. The molecular formula is C16H15N3O2. The van der Waals surface area contributed by atoms with Crippen LogP contribution in [0.5, 0.6) is 0 Å². The molecule has 2 aliphatic rings. The second-order valence-electron chi connectivity index (χ2n) is 5.68.